The van der Waals surface area contributed by atoms with E-state index in [4.69, 9.17) is 0 Å². The van der Waals surface area contributed by atoms with Gasteiger partial charge in [-0.3, -0.25) is 4.90 Å². The van der Waals surface area contributed by atoms with E-state index in [1.54, 1.807) is 0 Å². The number of nitrogens with one attached hydrogen (secondary N) is 1. The SMILES string of the molecule is CNCC1CCCN(C2CCCC2)C1(C)C. The summed E-state index contributed by atoms with van der Waals surface area (Å²) in [6.07, 6.45) is 8.58. The molecule has 2 rings (SSSR count). The zero-order valence-electron chi connectivity index (χ0n) is 11.3. The number of rotatable bonds is 3. The van der Waals surface area contributed by atoms with Crippen LogP contribution >= 0.6 is 0 Å². The molecule has 0 aromatic carbocycles. The maximum atomic E-state index is 3.38. The Balaban J connectivity index is 2.05. The fraction of sp³-hybridized carbons (Fsp3) is 1.00. The molecule has 0 radical (unpaired) electrons. The maximum absolute atomic E-state index is 3.38. The van der Waals surface area contributed by atoms with E-state index < -0.39 is 0 Å². The Morgan fingerprint density at radius 2 is 1.81 bits per heavy atom. The van der Waals surface area contributed by atoms with Gasteiger partial charge in [0.2, 0.25) is 0 Å². The molecule has 0 bridgehead atoms. The van der Waals surface area contributed by atoms with E-state index in [-0.39, 0.29) is 0 Å². The zero-order valence-corrected chi connectivity index (χ0v) is 11.3. The molecule has 2 heteroatoms. The third kappa shape index (κ3) is 2.28. The van der Waals surface area contributed by atoms with Crippen LogP contribution in [0.2, 0.25) is 0 Å². The minimum atomic E-state index is 0.399. The average Bonchev–Trinajstić information content (AvgIpc) is 2.74. The largest absolute Gasteiger partial charge is 0.319 e. The van der Waals surface area contributed by atoms with E-state index in [0.717, 1.165) is 12.0 Å². The standard InChI is InChI=1S/C14H28N2/c1-14(2)12(11-15-3)7-6-10-16(14)13-8-4-5-9-13/h12-13,15H,4-11H2,1-3H3. The molecule has 1 aliphatic heterocycles. The lowest BCUT2D eigenvalue weighted by Crippen LogP contribution is -2.58. The van der Waals surface area contributed by atoms with E-state index in [0.29, 0.717) is 5.54 Å². The van der Waals surface area contributed by atoms with Crippen molar-refractivity contribution in [2.24, 2.45) is 5.92 Å². The van der Waals surface area contributed by atoms with Crippen LogP contribution < -0.4 is 5.32 Å². The van der Waals surface area contributed by atoms with Gasteiger partial charge in [0.15, 0.2) is 0 Å². The molecule has 1 heterocycles. The van der Waals surface area contributed by atoms with Gasteiger partial charge in [-0.15, -0.1) is 0 Å². The van der Waals surface area contributed by atoms with Crippen molar-refractivity contribution in [2.45, 2.75) is 64.0 Å². The summed E-state index contributed by atoms with van der Waals surface area (Å²) in [6.45, 7) is 7.44. The van der Waals surface area contributed by atoms with Gasteiger partial charge in [0.25, 0.3) is 0 Å². The van der Waals surface area contributed by atoms with Crippen LogP contribution in [0.25, 0.3) is 0 Å². The van der Waals surface area contributed by atoms with Crippen LogP contribution in [0.5, 0.6) is 0 Å². The van der Waals surface area contributed by atoms with Crippen molar-refractivity contribution in [3.05, 3.63) is 0 Å². The van der Waals surface area contributed by atoms with Crippen molar-refractivity contribution in [1.29, 1.82) is 0 Å². The predicted molar refractivity (Wildman–Crippen MR) is 69.7 cm³/mol. The average molecular weight is 224 g/mol. The summed E-state index contributed by atoms with van der Waals surface area (Å²) in [7, 11) is 2.09. The Kier molecular flexibility index (Phi) is 3.91. The topological polar surface area (TPSA) is 15.3 Å². The number of hydrogen-bond acceptors (Lipinski definition) is 2. The second kappa shape index (κ2) is 5.05. The van der Waals surface area contributed by atoms with Gasteiger partial charge in [0.05, 0.1) is 0 Å². The normalized spacial score (nSPS) is 32.1. The molecular formula is C14H28N2. The van der Waals surface area contributed by atoms with E-state index in [2.05, 4.69) is 31.1 Å². The van der Waals surface area contributed by atoms with Crippen LogP contribution in [-0.4, -0.2) is 36.6 Å². The lowest BCUT2D eigenvalue weighted by Gasteiger charge is -2.51. The van der Waals surface area contributed by atoms with Gasteiger partial charge in [0, 0.05) is 11.6 Å². The molecule has 1 N–H and O–H groups in total. The third-order valence-electron chi connectivity index (χ3n) is 4.91. The van der Waals surface area contributed by atoms with Gasteiger partial charge >= 0.3 is 0 Å². The highest BCUT2D eigenvalue weighted by atomic mass is 15.2. The molecule has 0 spiro atoms. The first-order chi connectivity index (χ1) is 7.66. The van der Waals surface area contributed by atoms with Crippen molar-refractivity contribution in [3.63, 3.8) is 0 Å². The van der Waals surface area contributed by atoms with Crippen molar-refractivity contribution in [2.75, 3.05) is 20.1 Å². The monoisotopic (exact) mass is 224 g/mol. The number of nitrogens with zero attached hydrogens (tertiary/aromatic N) is 1. The molecule has 1 saturated heterocycles. The predicted octanol–water partition coefficient (Wildman–Crippen LogP) is 2.64. The lowest BCUT2D eigenvalue weighted by molar-refractivity contribution is -0.00965. The van der Waals surface area contributed by atoms with Gasteiger partial charge in [-0.05, 0) is 65.6 Å². The van der Waals surface area contributed by atoms with Crippen LogP contribution in [0.4, 0.5) is 0 Å². The second-order valence-corrected chi connectivity index (χ2v) is 6.18. The minimum Gasteiger partial charge on any atom is -0.319 e. The fourth-order valence-electron chi connectivity index (χ4n) is 3.85. The first-order valence-corrected chi connectivity index (χ1v) is 7.07. The summed E-state index contributed by atoms with van der Waals surface area (Å²) in [5.41, 5.74) is 0.399. The second-order valence-electron chi connectivity index (χ2n) is 6.18. The molecule has 16 heavy (non-hydrogen) atoms. The Hall–Kier alpha value is -0.0800. The summed E-state index contributed by atoms with van der Waals surface area (Å²) in [6, 6.07) is 0.884. The first kappa shape index (κ1) is 12.4. The number of piperidine rings is 1. The van der Waals surface area contributed by atoms with Crippen LogP contribution in [0.1, 0.15) is 52.4 Å². The van der Waals surface area contributed by atoms with Crippen molar-refractivity contribution in [1.82, 2.24) is 10.2 Å². The maximum Gasteiger partial charge on any atom is 0.0196 e. The lowest BCUT2D eigenvalue weighted by atomic mass is 9.78. The third-order valence-corrected chi connectivity index (χ3v) is 4.91. The molecule has 94 valence electrons. The number of likely N-dealkylation sites (tertiary alicyclic amines) is 1. The quantitative estimate of drug-likeness (QED) is 0.793. The van der Waals surface area contributed by atoms with Gasteiger partial charge in [-0.25, -0.2) is 0 Å². The summed E-state index contributed by atoms with van der Waals surface area (Å²) in [5, 5.41) is 3.38. The summed E-state index contributed by atoms with van der Waals surface area (Å²) >= 11 is 0. The van der Waals surface area contributed by atoms with Gasteiger partial charge in [-0.1, -0.05) is 12.8 Å². The Bertz CT molecular complexity index is 217. The van der Waals surface area contributed by atoms with Gasteiger partial charge in [0.1, 0.15) is 0 Å². The van der Waals surface area contributed by atoms with Crippen LogP contribution in [0, 0.1) is 5.92 Å². The molecule has 2 fully saturated rings. The van der Waals surface area contributed by atoms with Gasteiger partial charge in [-0.2, -0.15) is 0 Å². The minimum absolute atomic E-state index is 0.399. The molecule has 1 aliphatic carbocycles. The highest BCUT2D eigenvalue weighted by Crippen LogP contribution is 2.38. The molecule has 0 aromatic rings. The molecule has 0 aromatic heterocycles. The smallest absolute Gasteiger partial charge is 0.0196 e. The molecule has 2 aliphatic rings. The molecule has 1 atom stereocenters. The van der Waals surface area contributed by atoms with E-state index >= 15 is 0 Å². The van der Waals surface area contributed by atoms with Crippen molar-refractivity contribution < 1.29 is 0 Å². The van der Waals surface area contributed by atoms with Crippen molar-refractivity contribution in [3.8, 4) is 0 Å². The molecular weight excluding hydrogens is 196 g/mol. The fourth-order valence-corrected chi connectivity index (χ4v) is 3.85. The highest BCUT2D eigenvalue weighted by molar-refractivity contribution is 4.97. The van der Waals surface area contributed by atoms with Crippen LogP contribution in [-0.2, 0) is 0 Å². The first-order valence-electron chi connectivity index (χ1n) is 7.07. The van der Waals surface area contributed by atoms with Crippen LogP contribution in [0.3, 0.4) is 0 Å². The molecule has 2 nitrogen and oxygen atoms in total. The van der Waals surface area contributed by atoms with Crippen molar-refractivity contribution >= 4 is 0 Å². The van der Waals surface area contributed by atoms with E-state index in [9.17, 15) is 0 Å². The van der Waals surface area contributed by atoms with E-state index in [1.807, 2.05) is 0 Å². The molecule has 1 saturated carbocycles. The van der Waals surface area contributed by atoms with E-state index in [1.165, 1.54) is 51.6 Å². The van der Waals surface area contributed by atoms with Gasteiger partial charge < -0.3 is 5.32 Å². The van der Waals surface area contributed by atoms with Crippen LogP contribution in [0.15, 0.2) is 0 Å². The summed E-state index contributed by atoms with van der Waals surface area (Å²) in [4.78, 5) is 2.82. The Labute approximate surface area is 101 Å². The summed E-state index contributed by atoms with van der Waals surface area (Å²) < 4.78 is 0. The summed E-state index contributed by atoms with van der Waals surface area (Å²) in [5.74, 6) is 0.826. The molecule has 1 unspecified atom stereocenters. The Morgan fingerprint density at radius 1 is 1.12 bits per heavy atom. The highest BCUT2D eigenvalue weighted by Gasteiger charge is 2.41. The Morgan fingerprint density at radius 3 is 2.44 bits per heavy atom. The molecule has 0 amide bonds. The number of hydrogen-bond donors (Lipinski definition) is 1. The zero-order chi connectivity index (χ0) is 11.6.